The molecule has 0 atom stereocenters. The van der Waals surface area contributed by atoms with Crippen molar-refractivity contribution in [2.24, 2.45) is 0 Å². The Kier molecular flexibility index (Phi) is 6.38. The maximum absolute atomic E-state index is 6.33. The average molecular weight is 255 g/mol. The van der Waals surface area contributed by atoms with Crippen LogP contribution in [0.15, 0.2) is 18.2 Å². The Bertz CT molecular complexity index is 335. The van der Waals surface area contributed by atoms with Crippen LogP contribution in [0.5, 0.6) is 0 Å². The Morgan fingerprint density at radius 2 is 1.88 bits per heavy atom. The number of para-hydroxylation sites is 1. The summed E-state index contributed by atoms with van der Waals surface area (Å²) in [7, 11) is 0. The molecule has 0 aromatic heterocycles. The van der Waals surface area contributed by atoms with Gasteiger partial charge in [0.2, 0.25) is 0 Å². The maximum Gasteiger partial charge on any atom is 0.0642 e. The molecule has 1 aromatic carbocycles. The molecule has 3 heteroatoms. The quantitative estimate of drug-likeness (QED) is 0.747. The van der Waals surface area contributed by atoms with Crippen molar-refractivity contribution in [1.29, 1.82) is 0 Å². The first-order valence-corrected chi connectivity index (χ1v) is 6.85. The lowest BCUT2D eigenvalue weighted by atomic mass is 10.1. The van der Waals surface area contributed by atoms with Crippen LogP contribution in [0.2, 0.25) is 5.02 Å². The van der Waals surface area contributed by atoms with E-state index in [9.17, 15) is 0 Å². The minimum Gasteiger partial charge on any atom is -0.371 e. The monoisotopic (exact) mass is 254 g/mol. The van der Waals surface area contributed by atoms with Gasteiger partial charge in [0.15, 0.2) is 0 Å². The van der Waals surface area contributed by atoms with E-state index in [4.69, 9.17) is 11.6 Å². The van der Waals surface area contributed by atoms with Gasteiger partial charge in [-0.05, 0) is 38.4 Å². The zero-order valence-corrected chi connectivity index (χ0v) is 11.8. The number of hydrogen-bond acceptors (Lipinski definition) is 2. The molecule has 0 aliphatic heterocycles. The van der Waals surface area contributed by atoms with Crippen LogP contribution >= 0.6 is 11.6 Å². The van der Waals surface area contributed by atoms with Crippen molar-refractivity contribution in [3.8, 4) is 0 Å². The second kappa shape index (κ2) is 7.57. The molecule has 0 radical (unpaired) electrons. The van der Waals surface area contributed by atoms with Crippen LogP contribution in [-0.2, 0) is 6.54 Å². The molecular weight excluding hydrogens is 232 g/mol. The number of nitrogens with one attached hydrogen (secondary N) is 1. The predicted octanol–water partition coefficient (Wildman–Crippen LogP) is 3.69. The van der Waals surface area contributed by atoms with Crippen LogP contribution in [0.25, 0.3) is 0 Å². The average Bonchev–Trinajstić information content (AvgIpc) is 2.34. The Labute approximate surface area is 110 Å². The first kappa shape index (κ1) is 14.3. The van der Waals surface area contributed by atoms with Gasteiger partial charge in [0.05, 0.1) is 10.7 Å². The Hall–Kier alpha value is -0.730. The van der Waals surface area contributed by atoms with Crippen molar-refractivity contribution < 1.29 is 0 Å². The lowest BCUT2D eigenvalue weighted by Crippen LogP contribution is -2.25. The van der Waals surface area contributed by atoms with E-state index < -0.39 is 0 Å². The molecule has 0 saturated carbocycles. The Morgan fingerprint density at radius 3 is 2.47 bits per heavy atom. The number of nitrogens with zero attached hydrogens (tertiary/aromatic N) is 1. The van der Waals surface area contributed by atoms with Crippen molar-refractivity contribution in [1.82, 2.24) is 5.32 Å². The highest BCUT2D eigenvalue weighted by molar-refractivity contribution is 6.33. The van der Waals surface area contributed by atoms with Crippen LogP contribution in [-0.4, -0.2) is 19.6 Å². The number of benzene rings is 1. The second-order valence-electron chi connectivity index (χ2n) is 4.10. The molecule has 0 heterocycles. The Balaban J connectivity index is 2.91. The van der Waals surface area contributed by atoms with Gasteiger partial charge in [-0.2, -0.15) is 0 Å². The van der Waals surface area contributed by atoms with Crippen LogP contribution < -0.4 is 10.2 Å². The van der Waals surface area contributed by atoms with Crippen molar-refractivity contribution in [3.63, 3.8) is 0 Å². The van der Waals surface area contributed by atoms with Crippen molar-refractivity contribution >= 4 is 17.3 Å². The van der Waals surface area contributed by atoms with Gasteiger partial charge in [-0.25, -0.2) is 0 Å². The molecule has 0 bridgehead atoms. The number of hydrogen-bond donors (Lipinski definition) is 1. The van der Waals surface area contributed by atoms with E-state index in [2.05, 4.69) is 37.1 Å². The summed E-state index contributed by atoms with van der Waals surface area (Å²) in [4.78, 5) is 2.31. The minimum atomic E-state index is 0.851. The molecule has 17 heavy (non-hydrogen) atoms. The van der Waals surface area contributed by atoms with Gasteiger partial charge in [-0.1, -0.05) is 30.7 Å². The van der Waals surface area contributed by atoms with Crippen molar-refractivity contribution in [2.45, 2.75) is 33.7 Å². The highest BCUT2D eigenvalue weighted by Crippen LogP contribution is 2.29. The summed E-state index contributed by atoms with van der Waals surface area (Å²) in [5, 5.41) is 4.29. The smallest absolute Gasteiger partial charge is 0.0642 e. The van der Waals surface area contributed by atoms with Gasteiger partial charge >= 0.3 is 0 Å². The summed E-state index contributed by atoms with van der Waals surface area (Å²) < 4.78 is 0. The van der Waals surface area contributed by atoms with Crippen LogP contribution in [0.1, 0.15) is 32.8 Å². The molecule has 96 valence electrons. The lowest BCUT2D eigenvalue weighted by Gasteiger charge is -2.25. The van der Waals surface area contributed by atoms with Crippen molar-refractivity contribution in [3.05, 3.63) is 28.8 Å². The fourth-order valence-electron chi connectivity index (χ4n) is 2.00. The first-order chi connectivity index (χ1) is 8.24. The molecule has 0 fully saturated rings. The molecule has 0 spiro atoms. The molecule has 1 rings (SSSR count). The predicted molar refractivity (Wildman–Crippen MR) is 77.0 cm³/mol. The molecule has 2 nitrogen and oxygen atoms in total. The van der Waals surface area contributed by atoms with Crippen LogP contribution in [0.4, 0.5) is 5.69 Å². The third-order valence-corrected chi connectivity index (χ3v) is 3.20. The fraction of sp³-hybridized carbons (Fsp3) is 0.571. The summed E-state index contributed by atoms with van der Waals surface area (Å²) in [6, 6.07) is 6.15. The molecule has 1 N–H and O–H groups in total. The number of anilines is 1. The molecule has 0 saturated heterocycles. The largest absolute Gasteiger partial charge is 0.371 e. The number of rotatable bonds is 7. The molecule has 0 amide bonds. The summed E-state index contributed by atoms with van der Waals surface area (Å²) in [5.41, 5.74) is 2.47. The zero-order chi connectivity index (χ0) is 12.7. The molecule has 0 aliphatic rings. The van der Waals surface area contributed by atoms with Crippen LogP contribution in [0.3, 0.4) is 0 Å². The highest BCUT2D eigenvalue weighted by Gasteiger charge is 2.11. The third kappa shape index (κ3) is 3.90. The van der Waals surface area contributed by atoms with E-state index in [1.807, 2.05) is 12.1 Å². The third-order valence-electron chi connectivity index (χ3n) is 2.89. The van der Waals surface area contributed by atoms with Gasteiger partial charge in [0.1, 0.15) is 0 Å². The zero-order valence-electron chi connectivity index (χ0n) is 11.1. The van der Waals surface area contributed by atoms with E-state index in [0.717, 1.165) is 37.6 Å². The van der Waals surface area contributed by atoms with Gasteiger partial charge < -0.3 is 10.2 Å². The fourth-order valence-corrected chi connectivity index (χ4v) is 2.31. The SMILES string of the molecule is CCCNCc1cccc(Cl)c1N(CC)CC. The molecule has 0 unspecified atom stereocenters. The van der Waals surface area contributed by atoms with Gasteiger partial charge in [-0.15, -0.1) is 0 Å². The van der Waals surface area contributed by atoms with E-state index in [0.29, 0.717) is 0 Å². The topological polar surface area (TPSA) is 15.3 Å². The standard InChI is InChI=1S/C14H23ClN2/c1-4-10-16-11-12-8-7-9-13(15)14(12)17(5-2)6-3/h7-9,16H,4-6,10-11H2,1-3H3. The van der Waals surface area contributed by atoms with Gasteiger partial charge in [0.25, 0.3) is 0 Å². The normalized spacial score (nSPS) is 10.6. The summed E-state index contributed by atoms with van der Waals surface area (Å²) >= 11 is 6.33. The Morgan fingerprint density at radius 1 is 1.18 bits per heavy atom. The van der Waals surface area contributed by atoms with E-state index in [-0.39, 0.29) is 0 Å². The summed E-state index contributed by atoms with van der Waals surface area (Å²) in [5.74, 6) is 0. The van der Waals surface area contributed by atoms with Crippen molar-refractivity contribution in [2.75, 3.05) is 24.5 Å². The minimum absolute atomic E-state index is 0.851. The maximum atomic E-state index is 6.33. The van der Waals surface area contributed by atoms with E-state index in [1.165, 1.54) is 11.3 Å². The highest BCUT2D eigenvalue weighted by atomic mass is 35.5. The van der Waals surface area contributed by atoms with Gasteiger partial charge in [0, 0.05) is 19.6 Å². The first-order valence-electron chi connectivity index (χ1n) is 6.47. The molecular formula is C14H23ClN2. The van der Waals surface area contributed by atoms with E-state index >= 15 is 0 Å². The summed E-state index contributed by atoms with van der Waals surface area (Å²) in [6.07, 6.45) is 1.15. The summed E-state index contributed by atoms with van der Waals surface area (Å²) in [6.45, 7) is 10.4. The molecule has 1 aromatic rings. The molecule has 0 aliphatic carbocycles. The lowest BCUT2D eigenvalue weighted by molar-refractivity contribution is 0.673. The number of halogens is 1. The van der Waals surface area contributed by atoms with Crippen LogP contribution in [0, 0.1) is 0 Å². The van der Waals surface area contributed by atoms with Gasteiger partial charge in [-0.3, -0.25) is 0 Å². The second-order valence-corrected chi connectivity index (χ2v) is 4.50. The van der Waals surface area contributed by atoms with E-state index in [1.54, 1.807) is 0 Å².